The Hall–Kier alpha value is -1.76. The van der Waals surface area contributed by atoms with Gasteiger partial charge in [0.1, 0.15) is 11.8 Å². The Bertz CT molecular complexity index is 594. The van der Waals surface area contributed by atoms with Crippen LogP contribution in [0.1, 0.15) is 20.8 Å². The summed E-state index contributed by atoms with van der Waals surface area (Å²) in [5.74, 6) is 0.408. The third-order valence-electron chi connectivity index (χ3n) is 3.47. The number of hydrogen-bond acceptors (Lipinski definition) is 4. The van der Waals surface area contributed by atoms with Crippen LogP contribution in [0.3, 0.4) is 0 Å². The van der Waals surface area contributed by atoms with Gasteiger partial charge >= 0.3 is 0 Å². The highest BCUT2D eigenvalue weighted by Crippen LogP contribution is 2.24. The second-order valence-corrected chi connectivity index (χ2v) is 6.80. The molecule has 0 heterocycles. The maximum absolute atomic E-state index is 12.5. The van der Waals surface area contributed by atoms with Crippen molar-refractivity contribution in [1.29, 1.82) is 0 Å². The molecule has 0 spiro atoms. The number of benzene rings is 1. The quantitative estimate of drug-likeness (QED) is 0.764. The number of anilines is 1. The maximum atomic E-state index is 12.5. The number of carbonyl (C=O) groups excluding carboxylic acids is 1. The van der Waals surface area contributed by atoms with E-state index in [0.717, 1.165) is 10.6 Å². The van der Waals surface area contributed by atoms with Gasteiger partial charge in [0.25, 0.3) is 0 Å². The molecule has 0 aliphatic rings. The first kappa shape index (κ1) is 18.3. The average Bonchev–Trinajstić information content (AvgIpc) is 2.47. The molecule has 0 saturated heterocycles. The van der Waals surface area contributed by atoms with Gasteiger partial charge in [0, 0.05) is 13.1 Å². The number of sulfonamides is 1. The third kappa shape index (κ3) is 4.13. The summed E-state index contributed by atoms with van der Waals surface area (Å²) < 4.78 is 30.5. The lowest BCUT2D eigenvalue weighted by Crippen LogP contribution is -2.49. The topological polar surface area (TPSA) is 66.9 Å². The summed E-state index contributed by atoms with van der Waals surface area (Å²) in [4.78, 5) is 14.1. The summed E-state index contributed by atoms with van der Waals surface area (Å²) in [7, 11) is -2.05. The normalized spacial score (nSPS) is 12.6. The van der Waals surface area contributed by atoms with Crippen LogP contribution in [0.5, 0.6) is 5.75 Å². The fourth-order valence-corrected chi connectivity index (χ4v) is 3.50. The summed E-state index contributed by atoms with van der Waals surface area (Å²) in [6.07, 6.45) is 1.10. The highest BCUT2D eigenvalue weighted by Gasteiger charge is 2.31. The molecule has 124 valence electrons. The predicted molar refractivity (Wildman–Crippen MR) is 87.7 cm³/mol. The van der Waals surface area contributed by atoms with Gasteiger partial charge < -0.3 is 9.64 Å². The van der Waals surface area contributed by atoms with Crippen LogP contribution in [0.4, 0.5) is 5.69 Å². The van der Waals surface area contributed by atoms with Gasteiger partial charge in [-0.25, -0.2) is 8.42 Å². The number of methoxy groups -OCH3 is 1. The van der Waals surface area contributed by atoms with Crippen molar-refractivity contribution in [1.82, 2.24) is 4.90 Å². The lowest BCUT2D eigenvalue weighted by atomic mass is 10.2. The van der Waals surface area contributed by atoms with Gasteiger partial charge in [0.05, 0.1) is 19.1 Å². The molecule has 0 aromatic heterocycles. The molecular formula is C15H24N2O4S. The Morgan fingerprint density at radius 1 is 1.18 bits per heavy atom. The molecule has 0 aliphatic carbocycles. The van der Waals surface area contributed by atoms with Crippen molar-refractivity contribution in [3.8, 4) is 5.75 Å². The second kappa shape index (κ2) is 7.49. The second-order valence-electron chi connectivity index (χ2n) is 4.94. The molecule has 7 heteroatoms. The van der Waals surface area contributed by atoms with Crippen molar-refractivity contribution in [2.24, 2.45) is 0 Å². The summed E-state index contributed by atoms with van der Waals surface area (Å²) in [5, 5.41) is 0. The Balaban J connectivity index is 3.20. The van der Waals surface area contributed by atoms with E-state index < -0.39 is 16.1 Å². The van der Waals surface area contributed by atoms with Gasteiger partial charge in [-0.3, -0.25) is 9.10 Å². The largest absolute Gasteiger partial charge is 0.497 e. The molecule has 1 atom stereocenters. The fourth-order valence-electron chi connectivity index (χ4n) is 2.33. The van der Waals surface area contributed by atoms with Gasteiger partial charge in [0.15, 0.2) is 0 Å². The number of carbonyl (C=O) groups is 1. The molecule has 1 aromatic rings. The smallest absolute Gasteiger partial charge is 0.246 e. The van der Waals surface area contributed by atoms with Gasteiger partial charge in [-0.15, -0.1) is 0 Å². The number of ether oxygens (including phenoxy) is 1. The predicted octanol–water partition coefficient (Wildman–Crippen LogP) is 1.72. The molecule has 1 amide bonds. The van der Waals surface area contributed by atoms with Crippen molar-refractivity contribution in [3.05, 3.63) is 24.3 Å². The standard InChI is InChI=1S/C15H24N2O4S/c1-6-16(7-2)15(18)12(3)17(22(5,19)20)13-8-10-14(21-4)11-9-13/h8-12H,6-7H2,1-5H3. The van der Waals surface area contributed by atoms with Gasteiger partial charge in [-0.1, -0.05) is 0 Å². The summed E-state index contributed by atoms with van der Waals surface area (Å²) in [5.41, 5.74) is 0.441. The van der Waals surface area contributed by atoms with Crippen LogP contribution >= 0.6 is 0 Å². The van der Waals surface area contributed by atoms with E-state index in [-0.39, 0.29) is 5.91 Å². The molecule has 0 fully saturated rings. The number of hydrogen-bond donors (Lipinski definition) is 0. The monoisotopic (exact) mass is 328 g/mol. The van der Waals surface area contributed by atoms with E-state index in [1.54, 1.807) is 36.1 Å². The number of amides is 1. The van der Waals surface area contributed by atoms with Crippen LogP contribution in [0.15, 0.2) is 24.3 Å². The van der Waals surface area contributed by atoms with E-state index in [9.17, 15) is 13.2 Å². The van der Waals surface area contributed by atoms with E-state index >= 15 is 0 Å². The Morgan fingerprint density at radius 2 is 1.68 bits per heavy atom. The number of likely N-dealkylation sites (N-methyl/N-ethyl adjacent to an activating group) is 1. The zero-order valence-corrected chi connectivity index (χ0v) is 14.6. The zero-order chi connectivity index (χ0) is 16.9. The molecule has 1 unspecified atom stereocenters. The van der Waals surface area contributed by atoms with Crippen LogP contribution in [0.2, 0.25) is 0 Å². The first-order valence-electron chi connectivity index (χ1n) is 7.18. The minimum atomic E-state index is -3.59. The Kier molecular flexibility index (Phi) is 6.22. The van der Waals surface area contributed by atoms with Crippen molar-refractivity contribution >= 4 is 21.6 Å². The minimum absolute atomic E-state index is 0.216. The highest BCUT2D eigenvalue weighted by molar-refractivity contribution is 7.92. The summed E-state index contributed by atoms with van der Waals surface area (Å²) >= 11 is 0. The van der Waals surface area contributed by atoms with Crippen LogP contribution < -0.4 is 9.04 Å². The lowest BCUT2D eigenvalue weighted by Gasteiger charge is -2.31. The number of rotatable bonds is 7. The van der Waals surface area contributed by atoms with E-state index in [1.807, 2.05) is 13.8 Å². The molecule has 1 aromatic carbocycles. The molecule has 0 N–H and O–H groups in total. The molecule has 0 saturated carbocycles. The molecule has 6 nitrogen and oxygen atoms in total. The van der Waals surface area contributed by atoms with Crippen LogP contribution in [0.25, 0.3) is 0 Å². The summed E-state index contributed by atoms with van der Waals surface area (Å²) in [6.45, 7) is 6.42. The van der Waals surface area contributed by atoms with Gasteiger partial charge in [-0.05, 0) is 45.0 Å². The fraction of sp³-hybridized carbons (Fsp3) is 0.533. The molecule has 1 rings (SSSR count). The average molecular weight is 328 g/mol. The van der Waals surface area contributed by atoms with Crippen molar-refractivity contribution in [2.45, 2.75) is 26.8 Å². The Labute approximate surface area is 132 Å². The van der Waals surface area contributed by atoms with Crippen LogP contribution in [-0.4, -0.2) is 51.7 Å². The van der Waals surface area contributed by atoms with E-state index in [0.29, 0.717) is 24.5 Å². The highest BCUT2D eigenvalue weighted by atomic mass is 32.2. The zero-order valence-electron chi connectivity index (χ0n) is 13.7. The van der Waals surface area contributed by atoms with Gasteiger partial charge in [0.2, 0.25) is 15.9 Å². The van der Waals surface area contributed by atoms with Gasteiger partial charge in [-0.2, -0.15) is 0 Å². The SMILES string of the molecule is CCN(CC)C(=O)C(C)N(c1ccc(OC)cc1)S(C)(=O)=O. The molecule has 0 aliphatic heterocycles. The lowest BCUT2D eigenvalue weighted by molar-refractivity contribution is -0.131. The minimum Gasteiger partial charge on any atom is -0.497 e. The van der Waals surface area contributed by atoms with Crippen molar-refractivity contribution in [2.75, 3.05) is 30.8 Å². The first-order valence-corrected chi connectivity index (χ1v) is 9.03. The van der Waals surface area contributed by atoms with Crippen LogP contribution in [0, 0.1) is 0 Å². The number of nitrogens with zero attached hydrogens (tertiary/aromatic N) is 2. The molecule has 0 radical (unpaired) electrons. The Morgan fingerprint density at radius 3 is 2.05 bits per heavy atom. The van der Waals surface area contributed by atoms with Crippen LogP contribution in [-0.2, 0) is 14.8 Å². The van der Waals surface area contributed by atoms with E-state index in [4.69, 9.17) is 4.74 Å². The molecule has 22 heavy (non-hydrogen) atoms. The summed E-state index contributed by atoms with van der Waals surface area (Å²) in [6, 6.07) is 5.80. The molecule has 0 bridgehead atoms. The van der Waals surface area contributed by atoms with Crippen molar-refractivity contribution in [3.63, 3.8) is 0 Å². The molecular weight excluding hydrogens is 304 g/mol. The van der Waals surface area contributed by atoms with E-state index in [1.165, 1.54) is 7.11 Å². The van der Waals surface area contributed by atoms with E-state index in [2.05, 4.69) is 0 Å². The maximum Gasteiger partial charge on any atom is 0.246 e. The third-order valence-corrected chi connectivity index (χ3v) is 4.71. The van der Waals surface area contributed by atoms with Crippen molar-refractivity contribution < 1.29 is 17.9 Å². The first-order chi connectivity index (χ1) is 10.3.